The van der Waals surface area contributed by atoms with E-state index in [1.807, 2.05) is 26.2 Å². The third-order valence-electron chi connectivity index (χ3n) is 2.26. The van der Waals surface area contributed by atoms with Crippen molar-refractivity contribution in [2.75, 3.05) is 11.9 Å². The van der Waals surface area contributed by atoms with Gasteiger partial charge >= 0.3 is 0 Å². The van der Waals surface area contributed by atoms with Gasteiger partial charge in [-0.05, 0) is 13.0 Å². The first-order valence-corrected chi connectivity index (χ1v) is 5.75. The van der Waals surface area contributed by atoms with E-state index in [1.54, 1.807) is 10.7 Å². The second kappa shape index (κ2) is 5.14. The van der Waals surface area contributed by atoms with Gasteiger partial charge in [0, 0.05) is 32.3 Å². The molecule has 0 atom stereocenters. The average molecular weight is 252 g/mol. The summed E-state index contributed by atoms with van der Waals surface area (Å²) in [7, 11) is 1.91. The third kappa shape index (κ3) is 3.42. The summed E-state index contributed by atoms with van der Waals surface area (Å²) >= 11 is 5.84. The van der Waals surface area contributed by atoms with Crippen LogP contribution in [0.25, 0.3) is 0 Å². The summed E-state index contributed by atoms with van der Waals surface area (Å²) in [4.78, 5) is 8.24. The lowest BCUT2D eigenvalue weighted by molar-refractivity contribution is 0.742. The molecule has 0 bridgehead atoms. The Bertz CT molecular complexity index is 488. The number of hydrogen-bond donors (Lipinski definition) is 1. The monoisotopic (exact) mass is 251 g/mol. The van der Waals surface area contributed by atoms with E-state index in [0.717, 1.165) is 24.5 Å². The molecule has 0 fully saturated rings. The minimum atomic E-state index is 0.456. The summed E-state index contributed by atoms with van der Waals surface area (Å²) in [5, 5.41) is 7.95. The Morgan fingerprint density at radius 1 is 1.41 bits per heavy atom. The molecule has 17 heavy (non-hydrogen) atoms. The van der Waals surface area contributed by atoms with Crippen LogP contribution in [0.3, 0.4) is 0 Å². The summed E-state index contributed by atoms with van der Waals surface area (Å²) in [6.45, 7) is 2.58. The highest BCUT2D eigenvalue weighted by Gasteiger charge is 2.00. The zero-order chi connectivity index (χ0) is 12.3. The van der Waals surface area contributed by atoms with Crippen LogP contribution in [0.2, 0.25) is 5.15 Å². The van der Waals surface area contributed by atoms with Crippen molar-refractivity contribution in [3.8, 4) is 0 Å². The van der Waals surface area contributed by atoms with Gasteiger partial charge in [0.15, 0.2) is 0 Å². The highest BCUT2D eigenvalue weighted by Crippen LogP contribution is 2.10. The normalized spacial score (nSPS) is 10.5. The molecular weight excluding hydrogens is 238 g/mol. The van der Waals surface area contributed by atoms with Gasteiger partial charge in [0.1, 0.15) is 16.8 Å². The molecule has 2 rings (SSSR count). The lowest BCUT2D eigenvalue weighted by Gasteiger charge is -2.05. The lowest BCUT2D eigenvalue weighted by Crippen LogP contribution is -2.08. The maximum atomic E-state index is 5.84. The molecule has 2 heterocycles. The number of nitrogens with zero attached hydrogens (tertiary/aromatic N) is 4. The maximum Gasteiger partial charge on any atom is 0.134 e. The quantitative estimate of drug-likeness (QED) is 0.843. The highest BCUT2D eigenvalue weighted by molar-refractivity contribution is 6.29. The molecule has 0 radical (unpaired) electrons. The second-order valence-corrected chi connectivity index (χ2v) is 4.17. The molecule has 6 heteroatoms. The first kappa shape index (κ1) is 11.9. The fourth-order valence-electron chi connectivity index (χ4n) is 1.54. The molecule has 0 aliphatic heterocycles. The largest absolute Gasteiger partial charge is 0.370 e. The van der Waals surface area contributed by atoms with Gasteiger partial charge in [0.2, 0.25) is 0 Å². The Balaban J connectivity index is 1.89. The molecule has 0 saturated heterocycles. The highest BCUT2D eigenvalue weighted by atomic mass is 35.5. The third-order valence-corrected chi connectivity index (χ3v) is 2.46. The average Bonchev–Trinajstić information content (AvgIpc) is 2.63. The molecule has 0 spiro atoms. The molecule has 0 aliphatic rings. The number of rotatable bonds is 4. The molecule has 0 unspecified atom stereocenters. The zero-order valence-electron chi connectivity index (χ0n) is 9.81. The number of anilines is 1. The van der Waals surface area contributed by atoms with Gasteiger partial charge in [-0.25, -0.2) is 9.97 Å². The molecule has 5 nitrogen and oxygen atoms in total. The molecule has 0 aromatic carbocycles. The van der Waals surface area contributed by atoms with Crippen LogP contribution >= 0.6 is 11.6 Å². The summed E-state index contributed by atoms with van der Waals surface area (Å²) in [6, 6.07) is 3.72. The van der Waals surface area contributed by atoms with Crippen molar-refractivity contribution >= 4 is 17.4 Å². The van der Waals surface area contributed by atoms with E-state index in [9.17, 15) is 0 Å². The zero-order valence-corrected chi connectivity index (χ0v) is 10.6. The number of nitrogens with one attached hydrogen (secondary N) is 1. The van der Waals surface area contributed by atoms with E-state index in [2.05, 4.69) is 20.4 Å². The van der Waals surface area contributed by atoms with Crippen molar-refractivity contribution in [2.24, 2.45) is 7.05 Å². The van der Waals surface area contributed by atoms with Crippen LogP contribution in [-0.4, -0.2) is 26.3 Å². The number of aryl methyl sites for hydroxylation is 2. The van der Waals surface area contributed by atoms with Crippen molar-refractivity contribution in [3.63, 3.8) is 0 Å². The van der Waals surface area contributed by atoms with Crippen molar-refractivity contribution in [1.29, 1.82) is 0 Å². The second-order valence-electron chi connectivity index (χ2n) is 3.78. The molecule has 90 valence electrons. The van der Waals surface area contributed by atoms with Gasteiger partial charge in [-0.15, -0.1) is 0 Å². The standard InChI is InChI=1S/C11H14ClN5/c1-8-14-10(12)7-11(15-8)13-5-3-9-4-6-17(2)16-9/h4,6-7H,3,5H2,1-2H3,(H,13,14,15). The summed E-state index contributed by atoms with van der Waals surface area (Å²) in [5.74, 6) is 1.41. The smallest absolute Gasteiger partial charge is 0.134 e. The van der Waals surface area contributed by atoms with Crippen molar-refractivity contribution in [2.45, 2.75) is 13.3 Å². The van der Waals surface area contributed by atoms with Crippen molar-refractivity contribution in [3.05, 3.63) is 35.0 Å². The van der Waals surface area contributed by atoms with Crippen LogP contribution in [-0.2, 0) is 13.5 Å². The molecule has 0 aliphatic carbocycles. The van der Waals surface area contributed by atoms with E-state index in [0.29, 0.717) is 11.0 Å². The maximum absolute atomic E-state index is 5.84. The van der Waals surface area contributed by atoms with Crippen molar-refractivity contribution in [1.82, 2.24) is 19.7 Å². The van der Waals surface area contributed by atoms with Gasteiger partial charge in [0.25, 0.3) is 0 Å². The SMILES string of the molecule is Cc1nc(Cl)cc(NCCc2ccn(C)n2)n1. The lowest BCUT2D eigenvalue weighted by atomic mass is 10.3. The van der Waals surface area contributed by atoms with Crippen LogP contribution < -0.4 is 5.32 Å². The Morgan fingerprint density at radius 3 is 2.88 bits per heavy atom. The van der Waals surface area contributed by atoms with Gasteiger partial charge in [-0.1, -0.05) is 11.6 Å². The van der Waals surface area contributed by atoms with E-state index >= 15 is 0 Å². The number of hydrogen-bond acceptors (Lipinski definition) is 4. The Morgan fingerprint density at radius 2 is 2.24 bits per heavy atom. The van der Waals surface area contributed by atoms with Gasteiger partial charge in [0.05, 0.1) is 5.69 Å². The summed E-state index contributed by atoms with van der Waals surface area (Å²) < 4.78 is 1.79. The van der Waals surface area contributed by atoms with Crippen molar-refractivity contribution < 1.29 is 0 Å². The van der Waals surface area contributed by atoms with Gasteiger partial charge in [-0.3, -0.25) is 4.68 Å². The summed E-state index contributed by atoms with van der Waals surface area (Å²) in [6.07, 6.45) is 2.78. The van der Waals surface area contributed by atoms with Crippen LogP contribution in [0.4, 0.5) is 5.82 Å². The molecule has 2 aromatic heterocycles. The Labute approximate surface area is 105 Å². The molecule has 0 amide bonds. The number of aromatic nitrogens is 4. The van der Waals surface area contributed by atoms with Crippen LogP contribution in [0.5, 0.6) is 0 Å². The molecular formula is C11H14ClN5. The fourth-order valence-corrected chi connectivity index (χ4v) is 1.76. The van der Waals surface area contributed by atoms with E-state index in [4.69, 9.17) is 11.6 Å². The first-order valence-electron chi connectivity index (χ1n) is 5.37. The van der Waals surface area contributed by atoms with Gasteiger partial charge < -0.3 is 5.32 Å². The molecule has 0 saturated carbocycles. The Kier molecular flexibility index (Phi) is 3.58. The minimum Gasteiger partial charge on any atom is -0.370 e. The molecule has 2 aromatic rings. The predicted molar refractivity (Wildman–Crippen MR) is 67.2 cm³/mol. The van der Waals surface area contributed by atoms with E-state index in [1.165, 1.54) is 0 Å². The predicted octanol–water partition coefficient (Wildman–Crippen LogP) is 1.83. The van der Waals surface area contributed by atoms with E-state index in [-0.39, 0.29) is 0 Å². The number of halogens is 1. The van der Waals surface area contributed by atoms with Crippen LogP contribution in [0.1, 0.15) is 11.5 Å². The minimum absolute atomic E-state index is 0.456. The van der Waals surface area contributed by atoms with Crippen LogP contribution in [0, 0.1) is 6.92 Å². The fraction of sp³-hybridized carbons (Fsp3) is 0.364. The summed E-state index contributed by atoms with van der Waals surface area (Å²) in [5.41, 5.74) is 1.05. The van der Waals surface area contributed by atoms with Gasteiger partial charge in [-0.2, -0.15) is 5.10 Å². The first-order chi connectivity index (χ1) is 8.13. The van der Waals surface area contributed by atoms with Crippen LogP contribution in [0.15, 0.2) is 18.3 Å². The Hall–Kier alpha value is -1.62. The molecule has 1 N–H and O–H groups in total. The van der Waals surface area contributed by atoms with E-state index < -0.39 is 0 Å². The topological polar surface area (TPSA) is 55.6 Å².